The van der Waals surface area contributed by atoms with E-state index in [0.717, 1.165) is 11.0 Å². The molecule has 15 heavy (non-hydrogen) atoms. The summed E-state index contributed by atoms with van der Waals surface area (Å²) in [6, 6.07) is 5.75. The second-order valence-corrected chi connectivity index (χ2v) is 2.75. The Labute approximate surface area is 83.8 Å². The maximum atomic E-state index is 13.3. The minimum atomic E-state index is -1.25. The van der Waals surface area contributed by atoms with Crippen LogP contribution in [0.4, 0.5) is 4.39 Å². The lowest BCUT2D eigenvalue weighted by molar-refractivity contribution is 0.0680. The van der Waals surface area contributed by atoms with E-state index < -0.39 is 11.8 Å². The number of rotatable bonds is 2. The van der Waals surface area contributed by atoms with Gasteiger partial charge in [0.1, 0.15) is 17.8 Å². The van der Waals surface area contributed by atoms with Crippen LogP contribution in [-0.4, -0.2) is 25.8 Å². The zero-order valence-electron chi connectivity index (χ0n) is 7.46. The highest BCUT2D eigenvalue weighted by Crippen LogP contribution is 2.12. The van der Waals surface area contributed by atoms with Gasteiger partial charge in [0, 0.05) is 0 Å². The van der Waals surface area contributed by atoms with Crippen LogP contribution >= 0.6 is 0 Å². The topological polar surface area (TPSA) is 68.0 Å². The van der Waals surface area contributed by atoms with Crippen LogP contribution in [-0.2, 0) is 0 Å². The molecular weight excluding hydrogens is 201 g/mol. The second-order valence-electron chi connectivity index (χ2n) is 2.75. The normalized spacial score (nSPS) is 10.2. The van der Waals surface area contributed by atoms with Gasteiger partial charge in [-0.2, -0.15) is 5.10 Å². The van der Waals surface area contributed by atoms with Crippen molar-refractivity contribution in [1.29, 1.82) is 0 Å². The number of carboxylic acid groups (broad SMARTS) is 1. The van der Waals surface area contributed by atoms with E-state index in [2.05, 4.69) is 10.1 Å². The van der Waals surface area contributed by atoms with Crippen LogP contribution in [0.15, 0.2) is 30.6 Å². The zero-order valence-corrected chi connectivity index (χ0v) is 7.46. The van der Waals surface area contributed by atoms with Gasteiger partial charge < -0.3 is 5.11 Å². The summed E-state index contributed by atoms with van der Waals surface area (Å²) in [5.41, 5.74) is 0.0624. The van der Waals surface area contributed by atoms with E-state index in [1.54, 1.807) is 6.07 Å². The van der Waals surface area contributed by atoms with Crippen molar-refractivity contribution in [3.05, 3.63) is 42.2 Å². The largest absolute Gasteiger partial charge is 0.475 e. The summed E-state index contributed by atoms with van der Waals surface area (Å²) < 4.78 is 14.3. The van der Waals surface area contributed by atoms with Crippen LogP contribution in [0.3, 0.4) is 0 Å². The summed E-state index contributed by atoms with van der Waals surface area (Å²) in [7, 11) is 0. The highest BCUT2D eigenvalue weighted by Gasteiger charge is 2.15. The Morgan fingerprint density at radius 1 is 1.40 bits per heavy atom. The van der Waals surface area contributed by atoms with E-state index in [9.17, 15) is 9.18 Å². The van der Waals surface area contributed by atoms with Gasteiger partial charge in [-0.15, -0.1) is 0 Å². The Kier molecular flexibility index (Phi) is 2.17. The van der Waals surface area contributed by atoms with Crippen LogP contribution < -0.4 is 0 Å². The quantitative estimate of drug-likeness (QED) is 0.800. The van der Waals surface area contributed by atoms with E-state index in [1.807, 2.05) is 0 Å². The van der Waals surface area contributed by atoms with E-state index in [-0.39, 0.29) is 11.5 Å². The first kappa shape index (κ1) is 9.32. The molecule has 1 N–H and O–H groups in total. The molecule has 0 radical (unpaired) electrons. The number of halogens is 1. The van der Waals surface area contributed by atoms with E-state index in [1.165, 1.54) is 18.2 Å². The third-order valence-electron chi connectivity index (χ3n) is 1.82. The first-order valence-corrected chi connectivity index (χ1v) is 4.08. The Morgan fingerprint density at radius 3 is 2.80 bits per heavy atom. The summed E-state index contributed by atoms with van der Waals surface area (Å²) in [4.78, 5) is 14.2. The average Bonchev–Trinajstić information content (AvgIpc) is 2.67. The van der Waals surface area contributed by atoms with Crippen molar-refractivity contribution in [2.45, 2.75) is 0 Å². The Morgan fingerprint density at radius 2 is 2.13 bits per heavy atom. The van der Waals surface area contributed by atoms with Crippen LogP contribution in [0.1, 0.15) is 10.6 Å². The minimum Gasteiger partial charge on any atom is -0.475 e. The maximum absolute atomic E-state index is 13.3. The Hall–Kier alpha value is -2.24. The van der Waals surface area contributed by atoms with Gasteiger partial charge in [0.15, 0.2) is 0 Å². The van der Waals surface area contributed by atoms with Crippen molar-refractivity contribution in [3.8, 4) is 5.69 Å². The number of aromatic carboxylic acids is 1. The van der Waals surface area contributed by atoms with Gasteiger partial charge in [0.2, 0.25) is 5.82 Å². The smallest absolute Gasteiger partial charge is 0.374 e. The molecule has 1 heterocycles. The molecule has 0 spiro atoms. The number of hydrogen-bond acceptors (Lipinski definition) is 3. The molecule has 1 aromatic carbocycles. The van der Waals surface area contributed by atoms with Gasteiger partial charge >= 0.3 is 5.97 Å². The number of hydrogen-bond donors (Lipinski definition) is 1. The highest BCUT2D eigenvalue weighted by atomic mass is 19.1. The van der Waals surface area contributed by atoms with Gasteiger partial charge in [-0.3, -0.25) is 0 Å². The summed E-state index contributed by atoms with van der Waals surface area (Å²) in [6.07, 6.45) is 1.07. The molecule has 0 bridgehead atoms. The molecule has 0 amide bonds. The highest BCUT2D eigenvalue weighted by molar-refractivity contribution is 5.83. The summed E-state index contributed by atoms with van der Waals surface area (Å²) in [5, 5.41) is 12.4. The molecule has 0 fully saturated rings. The minimum absolute atomic E-state index is 0.0624. The van der Waals surface area contributed by atoms with Crippen molar-refractivity contribution in [3.63, 3.8) is 0 Å². The maximum Gasteiger partial charge on any atom is 0.374 e. The Balaban J connectivity index is 2.59. The molecule has 0 unspecified atom stereocenters. The average molecular weight is 207 g/mol. The fraction of sp³-hybridized carbons (Fsp3) is 0. The molecule has 0 atom stereocenters. The molecule has 0 aliphatic heterocycles. The van der Waals surface area contributed by atoms with Gasteiger partial charge in [-0.05, 0) is 12.1 Å². The molecular formula is C9H6FN3O2. The number of para-hydroxylation sites is 1. The molecule has 1 aromatic heterocycles. The number of benzene rings is 1. The Bertz CT molecular complexity index is 510. The zero-order chi connectivity index (χ0) is 10.8. The SMILES string of the molecule is O=C(O)c1ncnn1-c1ccccc1F. The predicted molar refractivity (Wildman–Crippen MR) is 48.3 cm³/mol. The third-order valence-corrected chi connectivity index (χ3v) is 1.82. The van der Waals surface area contributed by atoms with Crippen molar-refractivity contribution in [2.75, 3.05) is 0 Å². The fourth-order valence-corrected chi connectivity index (χ4v) is 1.19. The van der Waals surface area contributed by atoms with Crippen LogP contribution in [0.25, 0.3) is 5.69 Å². The van der Waals surface area contributed by atoms with Crippen molar-refractivity contribution in [2.24, 2.45) is 0 Å². The molecule has 0 aliphatic rings. The summed E-state index contributed by atoms with van der Waals surface area (Å²) >= 11 is 0. The van der Waals surface area contributed by atoms with E-state index >= 15 is 0 Å². The second kappa shape index (κ2) is 3.49. The predicted octanol–water partition coefficient (Wildman–Crippen LogP) is 1.10. The lowest BCUT2D eigenvalue weighted by Gasteiger charge is -2.03. The molecule has 0 saturated heterocycles. The molecule has 6 heteroatoms. The fourth-order valence-electron chi connectivity index (χ4n) is 1.19. The molecule has 5 nitrogen and oxygen atoms in total. The first-order valence-electron chi connectivity index (χ1n) is 4.08. The monoisotopic (exact) mass is 207 g/mol. The van der Waals surface area contributed by atoms with Gasteiger partial charge in [-0.1, -0.05) is 12.1 Å². The van der Waals surface area contributed by atoms with E-state index in [0.29, 0.717) is 0 Å². The summed E-state index contributed by atoms with van der Waals surface area (Å²) in [6.45, 7) is 0. The lowest BCUT2D eigenvalue weighted by Crippen LogP contribution is -2.10. The van der Waals surface area contributed by atoms with Crippen molar-refractivity contribution >= 4 is 5.97 Å². The summed E-state index contributed by atoms with van der Waals surface area (Å²) in [5.74, 6) is -2.12. The lowest BCUT2D eigenvalue weighted by atomic mass is 10.3. The number of carboxylic acids is 1. The number of nitrogens with zero attached hydrogens (tertiary/aromatic N) is 3. The van der Waals surface area contributed by atoms with Crippen LogP contribution in [0, 0.1) is 5.82 Å². The van der Waals surface area contributed by atoms with E-state index in [4.69, 9.17) is 5.11 Å². The van der Waals surface area contributed by atoms with Crippen LogP contribution in [0.5, 0.6) is 0 Å². The number of carbonyl (C=O) groups is 1. The standard InChI is InChI=1S/C9H6FN3O2/c10-6-3-1-2-4-7(6)13-8(9(14)15)11-5-12-13/h1-5H,(H,14,15). The molecule has 0 saturated carbocycles. The molecule has 2 rings (SSSR count). The first-order chi connectivity index (χ1) is 7.20. The van der Waals surface area contributed by atoms with Gasteiger partial charge in [-0.25, -0.2) is 18.9 Å². The molecule has 2 aromatic rings. The third kappa shape index (κ3) is 1.56. The van der Waals surface area contributed by atoms with Crippen molar-refractivity contribution < 1.29 is 14.3 Å². The molecule has 0 aliphatic carbocycles. The molecule has 76 valence electrons. The number of aromatic nitrogens is 3. The van der Waals surface area contributed by atoms with Gasteiger partial charge in [0.25, 0.3) is 0 Å². The van der Waals surface area contributed by atoms with Crippen molar-refractivity contribution in [1.82, 2.24) is 14.8 Å². The van der Waals surface area contributed by atoms with Crippen LogP contribution in [0.2, 0.25) is 0 Å². The van der Waals surface area contributed by atoms with Gasteiger partial charge in [0.05, 0.1) is 0 Å².